The Hall–Kier alpha value is -3.03. The number of thiazole rings is 1. The third-order valence-electron chi connectivity index (χ3n) is 5.13. The molecule has 1 heterocycles. The number of aromatic nitrogens is 1. The summed E-state index contributed by atoms with van der Waals surface area (Å²) < 4.78 is 11.9. The highest BCUT2D eigenvalue weighted by molar-refractivity contribution is 7.98. The van der Waals surface area contributed by atoms with Gasteiger partial charge in [0.2, 0.25) is 5.91 Å². The molecule has 0 aliphatic rings. The second kappa shape index (κ2) is 10.1. The van der Waals surface area contributed by atoms with Crippen molar-refractivity contribution in [1.29, 1.82) is 0 Å². The molecular formula is C25H24N2O3S2. The van der Waals surface area contributed by atoms with Gasteiger partial charge in [-0.1, -0.05) is 53.8 Å². The minimum atomic E-state index is -0.0113. The lowest BCUT2D eigenvalue weighted by molar-refractivity contribution is -0.118. The van der Waals surface area contributed by atoms with E-state index in [-0.39, 0.29) is 5.91 Å². The Morgan fingerprint density at radius 3 is 2.28 bits per heavy atom. The smallest absolute Gasteiger partial charge is 0.233 e. The molecular weight excluding hydrogens is 440 g/mol. The number of hydrogen-bond acceptors (Lipinski definition) is 6. The Kier molecular flexibility index (Phi) is 6.97. The van der Waals surface area contributed by atoms with Gasteiger partial charge in [-0.3, -0.25) is 9.69 Å². The zero-order valence-electron chi connectivity index (χ0n) is 18.2. The lowest BCUT2D eigenvalue weighted by atomic mass is 10.1. The van der Waals surface area contributed by atoms with Gasteiger partial charge in [-0.2, -0.15) is 0 Å². The second-order valence-corrected chi connectivity index (χ2v) is 8.99. The van der Waals surface area contributed by atoms with Crippen molar-refractivity contribution in [3.05, 3.63) is 77.9 Å². The number of carbonyl (C=O) groups excluding carboxylic acids is 1. The fourth-order valence-corrected chi connectivity index (χ4v) is 4.93. The molecule has 0 N–H and O–H groups in total. The van der Waals surface area contributed by atoms with Crippen LogP contribution in [0.5, 0.6) is 11.5 Å². The third kappa shape index (κ3) is 4.74. The van der Waals surface area contributed by atoms with Crippen LogP contribution < -0.4 is 14.4 Å². The first-order chi connectivity index (χ1) is 15.6. The second-order valence-electron chi connectivity index (χ2n) is 7.13. The monoisotopic (exact) mass is 464 g/mol. The van der Waals surface area contributed by atoms with Gasteiger partial charge in [0, 0.05) is 4.90 Å². The molecule has 0 saturated heterocycles. The Balaban J connectivity index is 1.72. The molecule has 32 heavy (non-hydrogen) atoms. The number of amides is 1. The molecule has 3 aromatic carbocycles. The molecule has 0 bridgehead atoms. The van der Waals surface area contributed by atoms with E-state index in [0.29, 0.717) is 35.1 Å². The van der Waals surface area contributed by atoms with E-state index in [2.05, 4.69) is 0 Å². The fourth-order valence-electron chi connectivity index (χ4n) is 3.43. The average Bonchev–Trinajstić information content (AvgIpc) is 3.28. The molecule has 0 atom stereocenters. The summed E-state index contributed by atoms with van der Waals surface area (Å²) in [5.74, 6) is 1.36. The standard InChI is InChI=1S/C25H24N2O3S2/c1-29-20-13-14-21(30-2)24-23(20)26-25(32-24)27(16-18-7-5-4-6-8-18)22(28)15-17-9-11-19(31-3)12-10-17/h4-14H,15-16H2,1-3H3. The van der Waals surface area contributed by atoms with E-state index in [1.165, 1.54) is 16.2 Å². The van der Waals surface area contributed by atoms with E-state index >= 15 is 0 Å². The topological polar surface area (TPSA) is 51.7 Å². The SMILES string of the molecule is COc1ccc(OC)c2sc(N(Cc3ccccc3)C(=O)Cc3ccc(SC)cc3)nc12. The minimum Gasteiger partial charge on any atom is -0.495 e. The zero-order valence-corrected chi connectivity index (χ0v) is 19.8. The largest absolute Gasteiger partial charge is 0.495 e. The van der Waals surface area contributed by atoms with Crippen LogP contribution in [0.2, 0.25) is 0 Å². The molecule has 7 heteroatoms. The van der Waals surface area contributed by atoms with Crippen molar-refractivity contribution in [3.63, 3.8) is 0 Å². The molecule has 164 valence electrons. The summed E-state index contributed by atoms with van der Waals surface area (Å²) in [5, 5.41) is 0.623. The first kappa shape index (κ1) is 22.2. The van der Waals surface area contributed by atoms with Crippen LogP contribution in [0, 0.1) is 0 Å². The molecule has 4 aromatic rings. The molecule has 0 unspecified atom stereocenters. The molecule has 0 saturated carbocycles. The number of hydrogen-bond donors (Lipinski definition) is 0. The number of nitrogens with zero attached hydrogens (tertiary/aromatic N) is 2. The Bertz CT molecular complexity index is 1170. The predicted molar refractivity (Wildman–Crippen MR) is 132 cm³/mol. The van der Waals surface area contributed by atoms with Gasteiger partial charge in [-0.05, 0) is 41.6 Å². The van der Waals surface area contributed by atoms with Gasteiger partial charge >= 0.3 is 0 Å². The van der Waals surface area contributed by atoms with Gasteiger partial charge < -0.3 is 9.47 Å². The maximum atomic E-state index is 13.5. The quantitative estimate of drug-likeness (QED) is 0.308. The van der Waals surface area contributed by atoms with E-state index in [4.69, 9.17) is 14.5 Å². The lowest BCUT2D eigenvalue weighted by Gasteiger charge is -2.20. The van der Waals surface area contributed by atoms with Crippen molar-refractivity contribution in [2.75, 3.05) is 25.4 Å². The number of carbonyl (C=O) groups is 1. The molecule has 0 aliphatic carbocycles. The molecule has 0 radical (unpaired) electrons. The van der Waals surface area contributed by atoms with Crippen LogP contribution in [0.1, 0.15) is 11.1 Å². The fraction of sp³-hybridized carbons (Fsp3) is 0.200. The average molecular weight is 465 g/mol. The van der Waals surface area contributed by atoms with Crippen molar-refractivity contribution < 1.29 is 14.3 Å². The summed E-state index contributed by atoms with van der Waals surface area (Å²) in [6.07, 6.45) is 2.34. The van der Waals surface area contributed by atoms with E-state index in [9.17, 15) is 4.79 Å². The van der Waals surface area contributed by atoms with Crippen LogP contribution in [-0.4, -0.2) is 31.4 Å². The highest BCUT2D eigenvalue weighted by atomic mass is 32.2. The number of methoxy groups -OCH3 is 2. The van der Waals surface area contributed by atoms with Gasteiger partial charge in [-0.25, -0.2) is 4.98 Å². The van der Waals surface area contributed by atoms with Crippen LogP contribution in [0.15, 0.2) is 71.6 Å². The van der Waals surface area contributed by atoms with Gasteiger partial charge in [0.25, 0.3) is 0 Å². The van der Waals surface area contributed by atoms with Crippen molar-refractivity contribution in [1.82, 2.24) is 4.98 Å². The number of ether oxygens (including phenoxy) is 2. The molecule has 0 aliphatic heterocycles. The number of rotatable bonds is 8. The summed E-state index contributed by atoms with van der Waals surface area (Å²) in [7, 11) is 3.25. The van der Waals surface area contributed by atoms with Crippen LogP contribution in [0.3, 0.4) is 0 Å². The number of anilines is 1. The summed E-state index contributed by atoms with van der Waals surface area (Å²) in [5.41, 5.74) is 2.71. The van der Waals surface area contributed by atoms with Crippen molar-refractivity contribution in [2.24, 2.45) is 0 Å². The van der Waals surface area contributed by atoms with Crippen LogP contribution >= 0.6 is 23.1 Å². The van der Waals surface area contributed by atoms with Crippen LogP contribution in [0.25, 0.3) is 10.2 Å². The predicted octanol–water partition coefficient (Wildman–Crippen LogP) is 5.81. The maximum absolute atomic E-state index is 13.5. The Morgan fingerprint density at radius 1 is 0.938 bits per heavy atom. The normalized spacial score (nSPS) is 10.8. The minimum absolute atomic E-state index is 0.0113. The molecule has 4 rings (SSSR count). The first-order valence-corrected chi connectivity index (χ1v) is 12.2. The van der Waals surface area contributed by atoms with E-state index in [1.807, 2.05) is 73.0 Å². The third-order valence-corrected chi connectivity index (χ3v) is 6.97. The van der Waals surface area contributed by atoms with E-state index in [1.54, 1.807) is 30.9 Å². The lowest BCUT2D eigenvalue weighted by Crippen LogP contribution is -2.31. The van der Waals surface area contributed by atoms with Crippen LogP contribution in [-0.2, 0) is 17.8 Å². The van der Waals surface area contributed by atoms with E-state index in [0.717, 1.165) is 15.8 Å². The summed E-state index contributed by atoms with van der Waals surface area (Å²) in [6, 6.07) is 21.8. The van der Waals surface area contributed by atoms with Crippen LogP contribution in [0.4, 0.5) is 5.13 Å². The molecule has 1 aromatic heterocycles. The number of benzene rings is 3. The van der Waals surface area contributed by atoms with E-state index < -0.39 is 0 Å². The molecule has 0 fully saturated rings. The summed E-state index contributed by atoms with van der Waals surface area (Å²) in [6.45, 7) is 0.438. The van der Waals surface area contributed by atoms with Gasteiger partial charge in [0.05, 0.1) is 27.2 Å². The highest BCUT2D eigenvalue weighted by Gasteiger charge is 2.23. The van der Waals surface area contributed by atoms with Crippen molar-refractivity contribution >= 4 is 44.4 Å². The maximum Gasteiger partial charge on any atom is 0.233 e. The number of thioether (sulfide) groups is 1. The Morgan fingerprint density at radius 2 is 1.62 bits per heavy atom. The molecule has 1 amide bonds. The number of fused-ring (bicyclic) bond motifs is 1. The molecule has 0 spiro atoms. The zero-order chi connectivity index (χ0) is 22.5. The van der Waals surface area contributed by atoms with Gasteiger partial charge in [-0.15, -0.1) is 11.8 Å². The summed E-state index contributed by atoms with van der Waals surface area (Å²) >= 11 is 3.12. The van der Waals surface area contributed by atoms with Gasteiger partial charge in [0.1, 0.15) is 21.7 Å². The van der Waals surface area contributed by atoms with Crippen molar-refractivity contribution in [3.8, 4) is 11.5 Å². The van der Waals surface area contributed by atoms with Gasteiger partial charge in [0.15, 0.2) is 5.13 Å². The highest BCUT2D eigenvalue weighted by Crippen LogP contribution is 2.40. The summed E-state index contributed by atoms with van der Waals surface area (Å²) in [4.78, 5) is 21.2. The Labute approximate surface area is 196 Å². The molecule has 5 nitrogen and oxygen atoms in total. The van der Waals surface area contributed by atoms with Crippen molar-refractivity contribution in [2.45, 2.75) is 17.9 Å². The first-order valence-electron chi connectivity index (χ1n) is 10.1.